The minimum absolute atomic E-state index is 0.165. The second-order valence-electron chi connectivity index (χ2n) is 5.82. The van der Waals surface area contributed by atoms with Crippen molar-refractivity contribution >= 4 is 33.0 Å². The number of hydrogen-bond acceptors (Lipinski definition) is 5. The first-order valence-electron chi connectivity index (χ1n) is 7.71. The van der Waals surface area contributed by atoms with Crippen molar-refractivity contribution in [3.05, 3.63) is 64.2 Å². The number of hydrogen-bond donors (Lipinski definition) is 1. The lowest BCUT2D eigenvalue weighted by Gasteiger charge is -2.28. The average molecular weight is 377 g/mol. The van der Waals surface area contributed by atoms with E-state index in [0.29, 0.717) is 11.3 Å². The van der Waals surface area contributed by atoms with Crippen LogP contribution in [0.15, 0.2) is 48.5 Å². The lowest BCUT2D eigenvalue weighted by molar-refractivity contribution is -0.384. The molecule has 0 aliphatic rings. The monoisotopic (exact) mass is 377 g/mol. The van der Waals surface area contributed by atoms with E-state index in [-0.39, 0.29) is 11.4 Å². The number of nitro groups is 1. The fourth-order valence-electron chi connectivity index (χ4n) is 2.48. The third-order valence-electron chi connectivity index (χ3n) is 3.79. The van der Waals surface area contributed by atoms with Crippen LogP contribution in [0.3, 0.4) is 0 Å². The van der Waals surface area contributed by atoms with Crippen LogP contribution in [0.5, 0.6) is 0 Å². The highest BCUT2D eigenvalue weighted by Crippen LogP contribution is 2.24. The van der Waals surface area contributed by atoms with Crippen molar-refractivity contribution in [2.24, 2.45) is 0 Å². The van der Waals surface area contributed by atoms with Crippen LogP contribution in [0.1, 0.15) is 12.5 Å². The van der Waals surface area contributed by atoms with Crippen molar-refractivity contribution in [3.63, 3.8) is 0 Å². The number of anilines is 2. The minimum Gasteiger partial charge on any atom is -0.324 e. The molecule has 8 nitrogen and oxygen atoms in total. The summed E-state index contributed by atoms with van der Waals surface area (Å²) in [4.78, 5) is 23.0. The van der Waals surface area contributed by atoms with Gasteiger partial charge in [-0.3, -0.25) is 19.2 Å². The first-order chi connectivity index (χ1) is 12.1. The van der Waals surface area contributed by atoms with E-state index in [1.165, 1.54) is 25.1 Å². The van der Waals surface area contributed by atoms with E-state index in [1.807, 2.05) is 0 Å². The second kappa shape index (κ2) is 7.52. The summed E-state index contributed by atoms with van der Waals surface area (Å²) in [6.07, 6.45) is 1.02. The molecular formula is C17H19N3O5S. The Balaban J connectivity index is 2.33. The summed E-state index contributed by atoms with van der Waals surface area (Å²) in [7, 11) is -3.72. The topological polar surface area (TPSA) is 110 Å². The van der Waals surface area contributed by atoms with E-state index in [0.717, 1.165) is 10.6 Å². The summed E-state index contributed by atoms with van der Waals surface area (Å²) >= 11 is 0. The number of para-hydroxylation sites is 1. The Labute approximate surface area is 151 Å². The number of rotatable bonds is 6. The smallest absolute Gasteiger partial charge is 0.271 e. The maximum Gasteiger partial charge on any atom is 0.271 e. The molecule has 0 aliphatic heterocycles. The van der Waals surface area contributed by atoms with Crippen molar-refractivity contribution in [3.8, 4) is 0 Å². The molecule has 2 aromatic carbocycles. The highest BCUT2D eigenvalue weighted by atomic mass is 32.2. The molecule has 0 unspecified atom stereocenters. The Kier molecular flexibility index (Phi) is 5.61. The Bertz CT molecular complexity index is 929. The van der Waals surface area contributed by atoms with Gasteiger partial charge in [0.25, 0.3) is 5.69 Å². The number of nitrogens with zero attached hydrogens (tertiary/aromatic N) is 2. The lowest BCUT2D eigenvalue weighted by atomic mass is 10.1. The van der Waals surface area contributed by atoms with Gasteiger partial charge in [-0.1, -0.05) is 24.3 Å². The number of nitro benzene ring substituents is 1. The molecule has 26 heavy (non-hydrogen) atoms. The number of sulfonamides is 1. The van der Waals surface area contributed by atoms with Crippen molar-refractivity contribution < 1.29 is 18.1 Å². The average Bonchev–Trinajstić information content (AvgIpc) is 2.56. The normalized spacial score (nSPS) is 12.3. The fourth-order valence-corrected chi connectivity index (χ4v) is 3.65. The van der Waals surface area contributed by atoms with Gasteiger partial charge in [0.1, 0.15) is 6.04 Å². The molecule has 0 radical (unpaired) electrons. The van der Waals surface area contributed by atoms with Crippen LogP contribution in [0, 0.1) is 17.0 Å². The molecule has 0 saturated carbocycles. The molecule has 1 atom stereocenters. The van der Waals surface area contributed by atoms with Gasteiger partial charge in [0, 0.05) is 12.1 Å². The standard InChI is InChI=1S/C17H19N3O5S/c1-12-9-10-15(20(22)23)11-16(12)18-17(21)13(2)19(26(3,24)25)14-7-5-4-6-8-14/h4-11,13H,1-3H3,(H,18,21)/t13-/m0/s1. The zero-order chi connectivity index (χ0) is 19.5. The summed E-state index contributed by atoms with van der Waals surface area (Å²) < 4.78 is 25.4. The van der Waals surface area contributed by atoms with E-state index in [1.54, 1.807) is 37.3 Å². The molecular weight excluding hydrogens is 358 g/mol. The predicted octanol–water partition coefficient (Wildman–Crippen LogP) is 2.70. The second-order valence-corrected chi connectivity index (χ2v) is 7.68. The van der Waals surface area contributed by atoms with Crippen LogP contribution < -0.4 is 9.62 Å². The lowest BCUT2D eigenvalue weighted by Crippen LogP contribution is -2.45. The van der Waals surface area contributed by atoms with Crippen molar-refractivity contribution in [2.45, 2.75) is 19.9 Å². The molecule has 2 rings (SSSR count). The number of amides is 1. The number of nitrogens with one attached hydrogen (secondary N) is 1. The summed E-state index contributed by atoms with van der Waals surface area (Å²) in [6, 6.07) is 11.3. The van der Waals surface area contributed by atoms with E-state index in [4.69, 9.17) is 0 Å². The van der Waals surface area contributed by atoms with Gasteiger partial charge >= 0.3 is 0 Å². The number of benzene rings is 2. The summed E-state index contributed by atoms with van der Waals surface area (Å²) in [5.74, 6) is -0.595. The minimum atomic E-state index is -3.72. The Morgan fingerprint density at radius 2 is 1.81 bits per heavy atom. The number of carbonyl (C=O) groups is 1. The van der Waals surface area contributed by atoms with Gasteiger partial charge in [-0.05, 0) is 31.5 Å². The van der Waals surface area contributed by atoms with E-state index in [9.17, 15) is 23.3 Å². The first-order valence-corrected chi connectivity index (χ1v) is 9.56. The molecule has 138 valence electrons. The van der Waals surface area contributed by atoms with Crippen molar-refractivity contribution in [1.29, 1.82) is 0 Å². The van der Waals surface area contributed by atoms with Gasteiger partial charge in [-0.2, -0.15) is 0 Å². The number of carbonyl (C=O) groups excluding carboxylic acids is 1. The zero-order valence-electron chi connectivity index (χ0n) is 14.5. The maximum absolute atomic E-state index is 12.6. The third-order valence-corrected chi connectivity index (χ3v) is 5.03. The Morgan fingerprint density at radius 3 is 2.35 bits per heavy atom. The quantitative estimate of drug-likeness (QED) is 0.615. The number of aryl methyl sites for hydroxylation is 1. The van der Waals surface area contributed by atoms with Crippen LogP contribution in [0.4, 0.5) is 17.1 Å². The third kappa shape index (κ3) is 4.37. The maximum atomic E-state index is 12.6. The van der Waals surface area contributed by atoms with Crippen LogP contribution in [0.25, 0.3) is 0 Å². The van der Waals surface area contributed by atoms with Gasteiger partial charge in [0.05, 0.1) is 22.6 Å². The highest BCUT2D eigenvalue weighted by molar-refractivity contribution is 7.92. The van der Waals surface area contributed by atoms with Crippen LogP contribution in [-0.4, -0.2) is 31.5 Å². The van der Waals surface area contributed by atoms with Gasteiger partial charge in [-0.15, -0.1) is 0 Å². The predicted molar refractivity (Wildman–Crippen MR) is 99.7 cm³/mol. The molecule has 9 heteroatoms. The first kappa shape index (κ1) is 19.4. The molecule has 0 bridgehead atoms. The van der Waals surface area contributed by atoms with E-state index < -0.39 is 26.9 Å². The van der Waals surface area contributed by atoms with Crippen molar-refractivity contribution in [2.75, 3.05) is 15.9 Å². The van der Waals surface area contributed by atoms with Gasteiger partial charge in [-0.25, -0.2) is 8.42 Å². The van der Waals surface area contributed by atoms with Crippen molar-refractivity contribution in [1.82, 2.24) is 0 Å². The molecule has 1 N–H and O–H groups in total. The SMILES string of the molecule is Cc1ccc([N+](=O)[O-])cc1NC(=O)[C@H](C)N(c1ccccc1)S(C)(=O)=O. The molecule has 0 fully saturated rings. The molecule has 0 saturated heterocycles. The zero-order valence-corrected chi connectivity index (χ0v) is 15.4. The summed E-state index contributed by atoms with van der Waals surface area (Å²) in [6.45, 7) is 3.14. The van der Waals surface area contributed by atoms with E-state index in [2.05, 4.69) is 5.32 Å². The molecule has 0 heterocycles. The summed E-state index contributed by atoms with van der Waals surface area (Å²) in [5.41, 5.74) is 1.08. The highest BCUT2D eigenvalue weighted by Gasteiger charge is 2.29. The van der Waals surface area contributed by atoms with Crippen LogP contribution >= 0.6 is 0 Å². The molecule has 0 aromatic heterocycles. The van der Waals surface area contributed by atoms with Gasteiger partial charge < -0.3 is 5.32 Å². The fraction of sp³-hybridized carbons (Fsp3) is 0.235. The summed E-state index contributed by atoms with van der Waals surface area (Å²) in [5, 5.41) is 13.5. The molecule has 0 spiro atoms. The largest absolute Gasteiger partial charge is 0.324 e. The molecule has 0 aliphatic carbocycles. The molecule has 2 aromatic rings. The van der Waals surface area contributed by atoms with Crippen LogP contribution in [0.2, 0.25) is 0 Å². The van der Waals surface area contributed by atoms with Gasteiger partial charge in [0.2, 0.25) is 15.9 Å². The van der Waals surface area contributed by atoms with Gasteiger partial charge in [0.15, 0.2) is 0 Å². The Morgan fingerprint density at radius 1 is 1.19 bits per heavy atom. The number of non-ortho nitro benzene ring substituents is 1. The van der Waals surface area contributed by atoms with Crippen LogP contribution in [-0.2, 0) is 14.8 Å². The Hall–Kier alpha value is -2.94. The van der Waals surface area contributed by atoms with E-state index >= 15 is 0 Å². The molecule has 1 amide bonds.